The van der Waals surface area contributed by atoms with Gasteiger partial charge in [0.05, 0.1) is 12.0 Å². The third kappa shape index (κ3) is 6.75. The second-order valence-electron chi connectivity index (χ2n) is 4.87. The van der Waals surface area contributed by atoms with Gasteiger partial charge in [0.25, 0.3) is 0 Å². The minimum absolute atomic E-state index is 0.137. The number of rotatable bonds is 11. The minimum atomic E-state index is -0.880. The molecule has 0 aromatic rings. The van der Waals surface area contributed by atoms with Crippen molar-refractivity contribution in [3.8, 4) is 0 Å². The van der Waals surface area contributed by atoms with Crippen LogP contribution in [-0.4, -0.2) is 43.4 Å². The van der Waals surface area contributed by atoms with E-state index in [1.54, 1.807) is 0 Å². The molecule has 3 N–H and O–H groups in total. The van der Waals surface area contributed by atoms with Crippen molar-refractivity contribution in [3.05, 3.63) is 0 Å². The van der Waals surface area contributed by atoms with Crippen LogP contribution in [-0.2, 0) is 9.53 Å². The lowest BCUT2D eigenvalue weighted by molar-refractivity contribution is -0.149. The largest absolute Gasteiger partial charge is 0.481 e. The summed E-state index contributed by atoms with van der Waals surface area (Å²) in [6.45, 7) is 7.46. The molecule has 0 spiro atoms. The Balaban J connectivity index is 3.89. The number of nitrogens with one attached hydrogen (secondary N) is 2. The Bertz CT molecular complexity index is 291. The molecule has 0 aliphatic rings. The van der Waals surface area contributed by atoms with Crippen LogP contribution in [0.25, 0.3) is 0 Å². The Morgan fingerprint density at radius 1 is 1.10 bits per heavy atom. The van der Waals surface area contributed by atoms with E-state index >= 15 is 0 Å². The first-order chi connectivity index (χ1) is 9.52. The average Bonchev–Trinajstić information content (AvgIpc) is 2.44. The standard InChI is InChI=1S/C14H28N2O4/c1-4-7-9-20-10-8-15-13(19)16-11-14(5-2,6-3)12(17)18/h4-11H2,1-3H3,(H,17,18)(H2,15,16,19). The summed E-state index contributed by atoms with van der Waals surface area (Å²) >= 11 is 0. The van der Waals surface area contributed by atoms with Gasteiger partial charge in [0.1, 0.15) is 0 Å². The zero-order chi connectivity index (χ0) is 15.4. The van der Waals surface area contributed by atoms with Gasteiger partial charge in [-0.3, -0.25) is 4.79 Å². The van der Waals surface area contributed by atoms with E-state index in [1.807, 2.05) is 13.8 Å². The Morgan fingerprint density at radius 2 is 1.75 bits per heavy atom. The molecule has 2 amide bonds. The van der Waals surface area contributed by atoms with E-state index in [1.165, 1.54) is 0 Å². The lowest BCUT2D eigenvalue weighted by atomic mass is 9.82. The maximum absolute atomic E-state index is 11.6. The third-order valence-electron chi connectivity index (χ3n) is 3.57. The van der Waals surface area contributed by atoms with Gasteiger partial charge in [-0.15, -0.1) is 0 Å². The Labute approximate surface area is 121 Å². The van der Waals surface area contributed by atoms with Crippen LogP contribution in [0.4, 0.5) is 4.79 Å². The molecular formula is C14H28N2O4. The minimum Gasteiger partial charge on any atom is -0.481 e. The van der Waals surface area contributed by atoms with Crippen molar-refractivity contribution in [1.82, 2.24) is 10.6 Å². The highest BCUT2D eigenvalue weighted by Crippen LogP contribution is 2.25. The Hall–Kier alpha value is -1.30. The van der Waals surface area contributed by atoms with Gasteiger partial charge in [-0.2, -0.15) is 0 Å². The van der Waals surface area contributed by atoms with Gasteiger partial charge >= 0.3 is 12.0 Å². The predicted octanol–water partition coefficient (Wildman–Crippen LogP) is 1.99. The first-order valence-corrected chi connectivity index (χ1v) is 7.35. The topological polar surface area (TPSA) is 87.7 Å². The Morgan fingerprint density at radius 3 is 2.25 bits per heavy atom. The number of carboxylic acids is 1. The van der Waals surface area contributed by atoms with Gasteiger partial charge in [-0.25, -0.2) is 4.79 Å². The number of carbonyl (C=O) groups excluding carboxylic acids is 1. The van der Waals surface area contributed by atoms with Gasteiger partial charge in [0.15, 0.2) is 0 Å². The van der Waals surface area contributed by atoms with E-state index in [0.29, 0.717) is 32.6 Å². The summed E-state index contributed by atoms with van der Waals surface area (Å²) in [7, 11) is 0. The molecule has 0 aromatic heterocycles. The molecule has 0 fully saturated rings. The zero-order valence-electron chi connectivity index (χ0n) is 12.8. The van der Waals surface area contributed by atoms with E-state index in [-0.39, 0.29) is 12.6 Å². The van der Waals surface area contributed by atoms with Gasteiger partial charge < -0.3 is 20.5 Å². The van der Waals surface area contributed by atoms with Gasteiger partial charge in [-0.1, -0.05) is 27.2 Å². The second kappa shape index (κ2) is 10.5. The summed E-state index contributed by atoms with van der Waals surface area (Å²) in [6.07, 6.45) is 3.07. The van der Waals surface area contributed by atoms with Crippen LogP contribution in [0.15, 0.2) is 0 Å². The smallest absolute Gasteiger partial charge is 0.314 e. The molecule has 0 aliphatic carbocycles. The number of carboxylic acid groups (broad SMARTS) is 1. The highest BCUT2D eigenvalue weighted by Gasteiger charge is 2.35. The molecular weight excluding hydrogens is 260 g/mol. The summed E-state index contributed by atoms with van der Waals surface area (Å²) < 4.78 is 5.31. The fraction of sp³-hybridized carbons (Fsp3) is 0.857. The molecule has 0 bridgehead atoms. The molecule has 0 atom stereocenters. The van der Waals surface area contributed by atoms with E-state index in [9.17, 15) is 14.7 Å². The molecule has 0 saturated heterocycles. The highest BCUT2D eigenvalue weighted by atomic mass is 16.5. The summed E-state index contributed by atoms with van der Waals surface area (Å²) in [5.41, 5.74) is -0.880. The fourth-order valence-electron chi connectivity index (χ4n) is 1.78. The second-order valence-corrected chi connectivity index (χ2v) is 4.87. The average molecular weight is 288 g/mol. The van der Waals surface area contributed by atoms with E-state index in [0.717, 1.165) is 12.8 Å². The quantitative estimate of drug-likeness (QED) is 0.507. The molecule has 0 aliphatic heterocycles. The Kier molecular flexibility index (Phi) is 9.80. The number of unbranched alkanes of at least 4 members (excludes halogenated alkanes) is 1. The van der Waals surface area contributed by atoms with Crippen LogP contribution in [0.1, 0.15) is 46.5 Å². The van der Waals surface area contributed by atoms with Crippen molar-refractivity contribution in [2.75, 3.05) is 26.3 Å². The van der Waals surface area contributed by atoms with Crippen LogP contribution < -0.4 is 10.6 Å². The van der Waals surface area contributed by atoms with E-state index in [4.69, 9.17) is 4.74 Å². The van der Waals surface area contributed by atoms with Gasteiger partial charge in [0.2, 0.25) is 0 Å². The van der Waals surface area contributed by atoms with Gasteiger partial charge in [-0.05, 0) is 19.3 Å². The number of hydrogen-bond acceptors (Lipinski definition) is 3. The molecule has 0 saturated carbocycles. The predicted molar refractivity (Wildman–Crippen MR) is 77.8 cm³/mol. The van der Waals surface area contributed by atoms with Crippen LogP contribution in [0.3, 0.4) is 0 Å². The van der Waals surface area contributed by atoms with Crippen molar-refractivity contribution in [3.63, 3.8) is 0 Å². The van der Waals surface area contributed by atoms with Crippen molar-refractivity contribution >= 4 is 12.0 Å². The van der Waals surface area contributed by atoms with E-state index in [2.05, 4.69) is 17.6 Å². The molecule has 20 heavy (non-hydrogen) atoms. The first-order valence-electron chi connectivity index (χ1n) is 7.35. The number of carbonyl (C=O) groups is 2. The van der Waals surface area contributed by atoms with Crippen LogP contribution in [0, 0.1) is 5.41 Å². The van der Waals surface area contributed by atoms with Crippen molar-refractivity contribution < 1.29 is 19.4 Å². The third-order valence-corrected chi connectivity index (χ3v) is 3.57. The summed E-state index contributed by atoms with van der Waals surface area (Å²) in [5.74, 6) is -0.870. The van der Waals surface area contributed by atoms with Crippen molar-refractivity contribution in [2.45, 2.75) is 46.5 Å². The number of amides is 2. The molecule has 0 aromatic carbocycles. The summed E-state index contributed by atoms with van der Waals surface area (Å²) in [5, 5.41) is 14.5. The molecule has 0 unspecified atom stereocenters. The number of aliphatic carboxylic acids is 1. The number of ether oxygens (including phenoxy) is 1. The highest BCUT2D eigenvalue weighted by molar-refractivity contribution is 5.78. The summed E-state index contributed by atoms with van der Waals surface area (Å²) in [4.78, 5) is 22.8. The van der Waals surface area contributed by atoms with Crippen LogP contribution in [0.5, 0.6) is 0 Å². The van der Waals surface area contributed by atoms with Crippen LogP contribution >= 0.6 is 0 Å². The maximum atomic E-state index is 11.6. The molecule has 0 rings (SSSR count). The SMILES string of the molecule is CCCCOCCNC(=O)NCC(CC)(CC)C(=O)O. The molecule has 0 heterocycles. The van der Waals surface area contributed by atoms with Crippen molar-refractivity contribution in [2.24, 2.45) is 5.41 Å². The monoisotopic (exact) mass is 288 g/mol. The number of urea groups is 1. The molecule has 0 radical (unpaired) electrons. The van der Waals surface area contributed by atoms with Crippen LogP contribution in [0.2, 0.25) is 0 Å². The zero-order valence-corrected chi connectivity index (χ0v) is 12.8. The number of hydrogen-bond donors (Lipinski definition) is 3. The van der Waals surface area contributed by atoms with E-state index < -0.39 is 11.4 Å². The molecule has 6 heteroatoms. The fourth-order valence-corrected chi connectivity index (χ4v) is 1.78. The first kappa shape index (κ1) is 18.7. The van der Waals surface area contributed by atoms with Gasteiger partial charge in [0, 0.05) is 19.7 Å². The lowest BCUT2D eigenvalue weighted by Crippen LogP contribution is -2.46. The molecule has 6 nitrogen and oxygen atoms in total. The molecule has 118 valence electrons. The lowest BCUT2D eigenvalue weighted by Gasteiger charge is -2.26. The maximum Gasteiger partial charge on any atom is 0.314 e. The summed E-state index contributed by atoms with van der Waals surface area (Å²) in [6, 6.07) is -0.350. The van der Waals surface area contributed by atoms with Crippen molar-refractivity contribution in [1.29, 1.82) is 0 Å². The normalized spacial score (nSPS) is 11.2.